The summed E-state index contributed by atoms with van der Waals surface area (Å²) in [5.41, 5.74) is 2.09. The number of aliphatic hydroxyl groups is 2. The number of hydrogen-bond acceptors (Lipinski definition) is 7. The van der Waals surface area contributed by atoms with Crippen LogP contribution in [0.2, 0.25) is 0 Å². The molecule has 3 N–H and O–H groups in total. The number of aromatic nitrogens is 2. The summed E-state index contributed by atoms with van der Waals surface area (Å²) in [7, 11) is 0. The number of esters is 1. The van der Waals surface area contributed by atoms with Gasteiger partial charge in [-0.25, -0.2) is 14.2 Å². The SMILES string of the molecule is CC[C@@]1(O)C(=O)OCc2c1cc1n(c2=O)Cc2c-1nc1cc(F)c(C)c3c1c2C(NC(=O)CO)CC3. The number of carbonyl (C=O) groups is 2. The van der Waals surface area contributed by atoms with E-state index < -0.39 is 41.5 Å². The molecule has 0 radical (unpaired) electrons. The van der Waals surface area contributed by atoms with E-state index in [1.807, 2.05) is 0 Å². The Bertz CT molecular complexity index is 1580. The van der Waals surface area contributed by atoms with Crippen LogP contribution < -0.4 is 10.9 Å². The maximum absolute atomic E-state index is 14.9. The van der Waals surface area contributed by atoms with E-state index in [0.29, 0.717) is 40.9 Å². The van der Waals surface area contributed by atoms with Crippen LogP contribution in [0.5, 0.6) is 0 Å². The summed E-state index contributed by atoms with van der Waals surface area (Å²) in [6.45, 7) is 2.60. The van der Waals surface area contributed by atoms with E-state index in [1.54, 1.807) is 19.9 Å². The summed E-state index contributed by atoms with van der Waals surface area (Å²) in [6, 6.07) is 2.50. The van der Waals surface area contributed by atoms with Gasteiger partial charge in [-0.2, -0.15) is 0 Å². The van der Waals surface area contributed by atoms with Crippen molar-refractivity contribution >= 4 is 22.8 Å². The summed E-state index contributed by atoms with van der Waals surface area (Å²) in [5.74, 6) is -1.74. The molecule has 10 heteroatoms. The molecule has 36 heavy (non-hydrogen) atoms. The summed E-state index contributed by atoms with van der Waals surface area (Å²) in [5, 5.41) is 24.0. The smallest absolute Gasteiger partial charge is 0.343 e. The van der Waals surface area contributed by atoms with E-state index in [9.17, 15) is 29.0 Å². The van der Waals surface area contributed by atoms with Crippen LogP contribution in [-0.4, -0.2) is 38.2 Å². The summed E-state index contributed by atoms with van der Waals surface area (Å²) < 4.78 is 21.5. The van der Waals surface area contributed by atoms with Crippen LogP contribution in [0.1, 0.15) is 59.2 Å². The summed E-state index contributed by atoms with van der Waals surface area (Å²) >= 11 is 0. The van der Waals surface area contributed by atoms with E-state index in [2.05, 4.69) is 5.32 Å². The Hall–Kier alpha value is -3.63. The number of halogens is 1. The highest BCUT2D eigenvalue weighted by Crippen LogP contribution is 2.45. The molecule has 0 saturated heterocycles. The number of benzene rings is 1. The first kappa shape index (κ1) is 22.8. The second-order valence-electron chi connectivity index (χ2n) is 9.63. The number of amides is 1. The molecule has 2 aliphatic heterocycles. The molecule has 1 amide bonds. The minimum Gasteiger partial charge on any atom is -0.458 e. The first-order chi connectivity index (χ1) is 17.2. The van der Waals surface area contributed by atoms with Crippen molar-refractivity contribution in [3.05, 3.63) is 61.7 Å². The van der Waals surface area contributed by atoms with Gasteiger partial charge in [0.15, 0.2) is 5.60 Å². The number of carbonyl (C=O) groups excluding carboxylic acids is 2. The molecular formula is C26H24FN3O6. The van der Waals surface area contributed by atoms with Crippen LogP contribution in [0.25, 0.3) is 22.3 Å². The van der Waals surface area contributed by atoms with Gasteiger partial charge in [-0.3, -0.25) is 9.59 Å². The minimum atomic E-state index is -1.95. The Kier molecular flexibility index (Phi) is 4.87. The fraction of sp³-hybridized carbons (Fsp3) is 0.385. The predicted octanol–water partition coefficient (Wildman–Crippen LogP) is 1.62. The second kappa shape index (κ2) is 7.68. The quantitative estimate of drug-likeness (QED) is 0.370. The van der Waals surface area contributed by atoms with Gasteiger partial charge in [0, 0.05) is 22.6 Å². The van der Waals surface area contributed by atoms with Gasteiger partial charge in [-0.1, -0.05) is 6.92 Å². The zero-order chi connectivity index (χ0) is 25.5. The molecule has 0 fully saturated rings. The highest BCUT2D eigenvalue weighted by molar-refractivity contribution is 5.94. The molecule has 186 valence electrons. The zero-order valence-electron chi connectivity index (χ0n) is 19.8. The van der Waals surface area contributed by atoms with Crippen molar-refractivity contribution in [2.24, 2.45) is 0 Å². The lowest BCUT2D eigenvalue weighted by atomic mass is 9.81. The Morgan fingerprint density at radius 1 is 1.31 bits per heavy atom. The van der Waals surface area contributed by atoms with Gasteiger partial charge in [0.1, 0.15) is 19.0 Å². The number of fused-ring (bicyclic) bond motifs is 5. The molecule has 1 unspecified atom stereocenters. The predicted molar refractivity (Wildman–Crippen MR) is 126 cm³/mol. The van der Waals surface area contributed by atoms with Crippen LogP contribution in [0.3, 0.4) is 0 Å². The highest BCUT2D eigenvalue weighted by atomic mass is 19.1. The molecule has 4 heterocycles. The average Bonchev–Trinajstić information content (AvgIpc) is 3.24. The van der Waals surface area contributed by atoms with Gasteiger partial charge >= 0.3 is 5.97 Å². The maximum Gasteiger partial charge on any atom is 0.343 e. The lowest BCUT2D eigenvalue weighted by Gasteiger charge is -2.31. The number of cyclic esters (lactones) is 1. The lowest BCUT2D eigenvalue weighted by molar-refractivity contribution is -0.172. The van der Waals surface area contributed by atoms with Crippen molar-refractivity contribution in [1.82, 2.24) is 14.9 Å². The number of rotatable bonds is 3. The monoisotopic (exact) mass is 493 g/mol. The van der Waals surface area contributed by atoms with Crippen LogP contribution in [-0.2, 0) is 39.5 Å². The van der Waals surface area contributed by atoms with Gasteiger partial charge in [-0.15, -0.1) is 0 Å². The molecule has 3 aromatic rings. The summed E-state index contributed by atoms with van der Waals surface area (Å²) in [4.78, 5) is 42.9. The number of nitrogens with zero attached hydrogens (tertiary/aromatic N) is 2. The van der Waals surface area contributed by atoms with Crippen LogP contribution >= 0.6 is 0 Å². The van der Waals surface area contributed by atoms with Gasteiger partial charge in [0.25, 0.3) is 5.56 Å². The summed E-state index contributed by atoms with van der Waals surface area (Å²) in [6.07, 6.45) is 1.04. The third-order valence-electron chi connectivity index (χ3n) is 7.86. The van der Waals surface area contributed by atoms with Crippen LogP contribution in [0, 0.1) is 12.7 Å². The normalized spacial score (nSPS) is 21.6. The van der Waals surface area contributed by atoms with E-state index in [0.717, 1.165) is 16.5 Å². The van der Waals surface area contributed by atoms with Crippen molar-refractivity contribution in [2.75, 3.05) is 6.61 Å². The minimum absolute atomic E-state index is 0.0219. The first-order valence-corrected chi connectivity index (χ1v) is 11.9. The van der Waals surface area contributed by atoms with E-state index in [-0.39, 0.29) is 30.7 Å². The molecule has 2 atom stereocenters. The third kappa shape index (κ3) is 2.88. The molecule has 0 saturated carbocycles. The molecule has 1 aliphatic carbocycles. The molecule has 1 aromatic carbocycles. The third-order valence-corrected chi connectivity index (χ3v) is 7.86. The van der Waals surface area contributed by atoms with Crippen molar-refractivity contribution in [1.29, 1.82) is 0 Å². The number of pyridine rings is 2. The Labute approximate surface area is 204 Å². The van der Waals surface area contributed by atoms with Gasteiger partial charge in [0.2, 0.25) is 5.91 Å². The average molecular weight is 493 g/mol. The van der Waals surface area contributed by atoms with E-state index >= 15 is 0 Å². The number of aryl methyl sites for hydroxylation is 1. The molecule has 9 nitrogen and oxygen atoms in total. The van der Waals surface area contributed by atoms with Crippen molar-refractivity contribution in [3.63, 3.8) is 0 Å². The molecule has 0 spiro atoms. The Morgan fingerprint density at radius 2 is 2.08 bits per heavy atom. The molecule has 3 aliphatic rings. The van der Waals surface area contributed by atoms with Crippen molar-refractivity contribution in [3.8, 4) is 11.4 Å². The number of ether oxygens (including phenoxy) is 1. The maximum atomic E-state index is 14.9. The van der Waals surface area contributed by atoms with E-state index in [1.165, 1.54) is 10.6 Å². The van der Waals surface area contributed by atoms with Crippen molar-refractivity contribution in [2.45, 2.75) is 57.9 Å². The molecule has 0 bridgehead atoms. The zero-order valence-corrected chi connectivity index (χ0v) is 19.8. The topological polar surface area (TPSA) is 131 Å². The first-order valence-electron chi connectivity index (χ1n) is 11.9. The standard InChI is InChI=1S/C26H24FN3O6/c1-3-26(35)15-6-19-23-13(8-30(19)24(33)14(15)10-36-25(26)34)22-17(28-20(32)9-31)5-4-12-11(2)16(27)7-18(29-23)21(12)22/h6-7,17,31,35H,3-5,8-10H2,1-2H3,(H,28,32)/t17?,26-/m0/s1. The second-order valence-corrected chi connectivity index (χ2v) is 9.63. The highest BCUT2D eigenvalue weighted by Gasteiger charge is 2.46. The lowest BCUT2D eigenvalue weighted by Crippen LogP contribution is -2.44. The molecule has 6 rings (SSSR count). The number of aliphatic hydroxyl groups excluding tert-OH is 1. The fourth-order valence-corrected chi connectivity index (χ4v) is 5.94. The van der Waals surface area contributed by atoms with Gasteiger partial charge < -0.3 is 24.8 Å². The largest absolute Gasteiger partial charge is 0.458 e. The molecule has 2 aromatic heterocycles. The molecular weight excluding hydrogens is 469 g/mol. The number of hydrogen-bond donors (Lipinski definition) is 3. The van der Waals surface area contributed by atoms with Gasteiger partial charge in [0.05, 0.1) is 35.1 Å². The van der Waals surface area contributed by atoms with Crippen LogP contribution in [0.4, 0.5) is 4.39 Å². The fourth-order valence-electron chi connectivity index (χ4n) is 5.94. The number of nitrogens with one attached hydrogen (secondary N) is 1. The van der Waals surface area contributed by atoms with Crippen molar-refractivity contribution < 1.29 is 28.9 Å². The van der Waals surface area contributed by atoms with Gasteiger partial charge in [-0.05, 0) is 48.9 Å². The van der Waals surface area contributed by atoms with Crippen LogP contribution in [0.15, 0.2) is 16.9 Å². The Morgan fingerprint density at radius 3 is 2.81 bits per heavy atom. The Balaban J connectivity index is 1.66. The van der Waals surface area contributed by atoms with E-state index in [4.69, 9.17) is 9.72 Å².